The first-order valence-electron chi connectivity index (χ1n) is 5.73. The molecule has 1 N–H and O–H groups in total. The molecule has 2 aromatic rings. The third-order valence-corrected chi connectivity index (χ3v) is 2.74. The molecule has 86 valence electrons. The van der Waals surface area contributed by atoms with Gasteiger partial charge in [0.25, 0.3) is 0 Å². The standard InChI is InChI=1S/C16H16O/c1-13(12-14-8-4-2-5-9-14)16(17)15-10-6-3-7-11-15/h2-12,16-17H,1H3/b13-12+/t16-/m1/s1. The lowest BCUT2D eigenvalue weighted by Crippen LogP contribution is -1.98. The van der Waals surface area contributed by atoms with Crippen LogP contribution in [0.5, 0.6) is 0 Å². The fraction of sp³-hybridized carbons (Fsp3) is 0.125. The second-order valence-corrected chi connectivity index (χ2v) is 4.11. The summed E-state index contributed by atoms with van der Waals surface area (Å²) in [7, 11) is 0. The molecule has 0 heterocycles. The van der Waals surface area contributed by atoms with Crippen LogP contribution in [0.2, 0.25) is 0 Å². The van der Waals surface area contributed by atoms with E-state index < -0.39 is 6.10 Å². The normalized spacial score (nSPS) is 13.4. The van der Waals surface area contributed by atoms with Gasteiger partial charge in [-0.1, -0.05) is 66.7 Å². The van der Waals surface area contributed by atoms with Gasteiger partial charge in [-0.2, -0.15) is 0 Å². The second kappa shape index (κ2) is 5.46. The SMILES string of the molecule is C/C(=C\c1ccccc1)[C@@H](O)c1ccccc1. The van der Waals surface area contributed by atoms with E-state index in [9.17, 15) is 5.11 Å². The van der Waals surface area contributed by atoms with Gasteiger partial charge in [-0.3, -0.25) is 0 Å². The van der Waals surface area contributed by atoms with Gasteiger partial charge in [0.1, 0.15) is 6.10 Å². The molecule has 0 bridgehead atoms. The van der Waals surface area contributed by atoms with E-state index in [-0.39, 0.29) is 0 Å². The Morgan fingerprint density at radius 2 is 1.47 bits per heavy atom. The van der Waals surface area contributed by atoms with E-state index in [1.54, 1.807) is 0 Å². The number of aliphatic hydroxyl groups is 1. The summed E-state index contributed by atoms with van der Waals surface area (Å²) < 4.78 is 0. The van der Waals surface area contributed by atoms with Crippen molar-refractivity contribution in [3.63, 3.8) is 0 Å². The van der Waals surface area contributed by atoms with Gasteiger partial charge in [0.15, 0.2) is 0 Å². The van der Waals surface area contributed by atoms with Gasteiger partial charge in [-0.05, 0) is 23.6 Å². The number of rotatable bonds is 3. The molecule has 2 rings (SSSR count). The molecule has 0 saturated carbocycles. The Morgan fingerprint density at radius 3 is 2.06 bits per heavy atom. The predicted molar refractivity (Wildman–Crippen MR) is 71.5 cm³/mol. The van der Waals surface area contributed by atoms with Gasteiger partial charge < -0.3 is 5.11 Å². The monoisotopic (exact) mass is 224 g/mol. The molecular formula is C16H16O. The largest absolute Gasteiger partial charge is 0.384 e. The van der Waals surface area contributed by atoms with Crippen LogP contribution in [-0.2, 0) is 0 Å². The molecule has 0 aromatic heterocycles. The van der Waals surface area contributed by atoms with Crippen molar-refractivity contribution >= 4 is 6.08 Å². The van der Waals surface area contributed by atoms with Crippen molar-refractivity contribution < 1.29 is 5.11 Å². The Hall–Kier alpha value is -1.86. The molecule has 1 heteroatoms. The lowest BCUT2D eigenvalue weighted by atomic mass is 10.0. The van der Waals surface area contributed by atoms with Crippen LogP contribution >= 0.6 is 0 Å². The molecule has 0 spiro atoms. The minimum atomic E-state index is -0.531. The van der Waals surface area contributed by atoms with E-state index in [2.05, 4.69) is 0 Å². The van der Waals surface area contributed by atoms with Crippen LogP contribution in [0.15, 0.2) is 66.2 Å². The van der Waals surface area contributed by atoms with Crippen molar-refractivity contribution in [1.29, 1.82) is 0 Å². The highest BCUT2D eigenvalue weighted by molar-refractivity contribution is 5.53. The molecule has 1 atom stereocenters. The lowest BCUT2D eigenvalue weighted by Gasteiger charge is -2.11. The Balaban J connectivity index is 2.21. The minimum Gasteiger partial charge on any atom is -0.384 e. The lowest BCUT2D eigenvalue weighted by molar-refractivity contribution is 0.217. The molecule has 0 unspecified atom stereocenters. The molecule has 0 aliphatic rings. The Labute approximate surface area is 102 Å². The highest BCUT2D eigenvalue weighted by Crippen LogP contribution is 2.22. The van der Waals surface area contributed by atoms with Gasteiger partial charge in [-0.15, -0.1) is 0 Å². The molecule has 0 saturated heterocycles. The van der Waals surface area contributed by atoms with Gasteiger partial charge in [0.2, 0.25) is 0 Å². The van der Waals surface area contributed by atoms with E-state index >= 15 is 0 Å². The van der Waals surface area contributed by atoms with Crippen LogP contribution in [0.25, 0.3) is 6.08 Å². The zero-order chi connectivity index (χ0) is 12.1. The number of benzene rings is 2. The van der Waals surface area contributed by atoms with Crippen LogP contribution in [0.4, 0.5) is 0 Å². The smallest absolute Gasteiger partial charge is 0.100 e. The quantitative estimate of drug-likeness (QED) is 0.840. The van der Waals surface area contributed by atoms with E-state index in [1.165, 1.54) is 0 Å². The van der Waals surface area contributed by atoms with Crippen molar-refractivity contribution in [2.75, 3.05) is 0 Å². The van der Waals surface area contributed by atoms with Gasteiger partial charge in [-0.25, -0.2) is 0 Å². The van der Waals surface area contributed by atoms with Crippen LogP contribution in [0, 0.1) is 0 Å². The predicted octanol–water partition coefficient (Wildman–Crippen LogP) is 3.82. The molecule has 0 aliphatic carbocycles. The summed E-state index contributed by atoms with van der Waals surface area (Å²) in [6, 6.07) is 19.7. The summed E-state index contributed by atoms with van der Waals surface area (Å²) in [5, 5.41) is 10.2. The van der Waals surface area contributed by atoms with Crippen molar-refractivity contribution in [2.24, 2.45) is 0 Å². The average molecular weight is 224 g/mol. The fourth-order valence-corrected chi connectivity index (χ4v) is 1.79. The third kappa shape index (κ3) is 3.05. The molecule has 17 heavy (non-hydrogen) atoms. The van der Waals surface area contributed by atoms with E-state index in [0.29, 0.717) is 0 Å². The first kappa shape index (κ1) is 11.6. The Morgan fingerprint density at radius 1 is 0.941 bits per heavy atom. The highest BCUT2D eigenvalue weighted by atomic mass is 16.3. The number of hydrogen-bond acceptors (Lipinski definition) is 1. The first-order chi connectivity index (χ1) is 8.27. The van der Waals surface area contributed by atoms with Crippen LogP contribution in [0.3, 0.4) is 0 Å². The first-order valence-corrected chi connectivity index (χ1v) is 5.73. The fourth-order valence-electron chi connectivity index (χ4n) is 1.79. The van der Waals surface area contributed by atoms with Crippen molar-refractivity contribution in [2.45, 2.75) is 13.0 Å². The van der Waals surface area contributed by atoms with E-state index in [4.69, 9.17) is 0 Å². The summed E-state index contributed by atoms with van der Waals surface area (Å²) in [4.78, 5) is 0. The molecule has 2 aromatic carbocycles. The van der Waals surface area contributed by atoms with Gasteiger partial charge in [0.05, 0.1) is 0 Å². The van der Waals surface area contributed by atoms with E-state index in [1.807, 2.05) is 73.7 Å². The summed E-state index contributed by atoms with van der Waals surface area (Å²) in [5.74, 6) is 0. The van der Waals surface area contributed by atoms with Crippen molar-refractivity contribution in [3.8, 4) is 0 Å². The molecule has 1 nitrogen and oxygen atoms in total. The van der Waals surface area contributed by atoms with Crippen molar-refractivity contribution in [3.05, 3.63) is 77.4 Å². The maximum atomic E-state index is 10.2. The maximum absolute atomic E-state index is 10.2. The summed E-state index contributed by atoms with van der Waals surface area (Å²) >= 11 is 0. The minimum absolute atomic E-state index is 0.531. The Kier molecular flexibility index (Phi) is 3.73. The zero-order valence-electron chi connectivity index (χ0n) is 9.88. The van der Waals surface area contributed by atoms with Gasteiger partial charge in [0, 0.05) is 0 Å². The Bertz CT molecular complexity index is 485. The summed E-state index contributed by atoms with van der Waals surface area (Å²) in [6.45, 7) is 1.95. The van der Waals surface area contributed by atoms with E-state index in [0.717, 1.165) is 16.7 Å². The van der Waals surface area contributed by atoms with Crippen molar-refractivity contribution in [1.82, 2.24) is 0 Å². The highest BCUT2D eigenvalue weighted by Gasteiger charge is 2.08. The van der Waals surface area contributed by atoms with Crippen LogP contribution < -0.4 is 0 Å². The summed E-state index contributed by atoms with van der Waals surface area (Å²) in [5.41, 5.74) is 2.99. The van der Waals surface area contributed by atoms with Crippen LogP contribution in [0.1, 0.15) is 24.2 Å². The molecule has 0 aliphatic heterocycles. The molecule has 0 amide bonds. The summed E-state index contributed by atoms with van der Waals surface area (Å²) in [6.07, 6.45) is 1.48. The average Bonchev–Trinajstić information content (AvgIpc) is 2.40. The van der Waals surface area contributed by atoms with Crippen LogP contribution in [-0.4, -0.2) is 5.11 Å². The third-order valence-electron chi connectivity index (χ3n) is 2.74. The number of hydrogen-bond donors (Lipinski definition) is 1. The maximum Gasteiger partial charge on any atom is 0.100 e. The zero-order valence-corrected chi connectivity index (χ0v) is 9.88. The number of aliphatic hydroxyl groups excluding tert-OH is 1. The second-order valence-electron chi connectivity index (χ2n) is 4.11. The van der Waals surface area contributed by atoms with Gasteiger partial charge >= 0.3 is 0 Å². The molecular weight excluding hydrogens is 208 g/mol. The molecule has 0 fully saturated rings. The topological polar surface area (TPSA) is 20.2 Å². The molecule has 0 radical (unpaired) electrons.